The quantitative estimate of drug-likeness (QED) is 0.427. The fourth-order valence-corrected chi connectivity index (χ4v) is 2.83. The van der Waals surface area contributed by atoms with Gasteiger partial charge in [-0.05, 0) is 12.8 Å². The molecular weight excluding hydrogens is 400 g/mol. The Bertz CT molecular complexity index is 907. The van der Waals surface area contributed by atoms with E-state index in [0.29, 0.717) is 0 Å². The van der Waals surface area contributed by atoms with Crippen molar-refractivity contribution in [3.63, 3.8) is 0 Å². The number of aromatic amines is 1. The normalized spacial score (nSPS) is 21.5. The van der Waals surface area contributed by atoms with E-state index in [1.165, 1.54) is 16.2 Å². The molecule has 6 N–H and O–H groups in total. The van der Waals surface area contributed by atoms with E-state index in [-0.39, 0.29) is 30.0 Å². The van der Waals surface area contributed by atoms with Gasteiger partial charge in [-0.2, -0.15) is 31.3 Å². The molecule has 1 fully saturated rings. The van der Waals surface area contributed by atoms with Crippen LogP contribution >= 0.6 is 0 Å². The SMILES string of the molecule is Nc1nc2c(ncn2[C@H]2CC[C@@H](CNC(N)(C(F)(F)F)C(F)(F)F)O2)c(=O)[nH]1. The molecule has 1 aliphatic rings. The molecule has 0 radical (unpaired) electrons. The van der Waals surface area contributed by atoms with Gasteiger partial charge in [0.2, 0.25) is 5.95 Å². The molecule has 0 bridgehead atoms. The van der Waals surface area contributed by atoms with Gasteiger partial charge in [0.25, 0.3) is 11.2 Å². The molecule has 1 saturated heterocycles. The van der Waals surface area contributed by atoms with E-state index < -0.39 is 42.5 Å². The van der Waals surface area contributed by atoms with E-state index >= 15 is 0 Å². The van der Waals surface area contributed by atoms with Crippen molar-refractivity contribution in [2.75, 3.05) is 12.3 Å². The lowest BCUT2D eigenvalue weighted by Crippen LogP contribution is -2.73. The highest BCUT2D eigenvalue weighted by Crippen LogP contribution is 2.39. The lowest BCUT2D eigenvalue weighted by Gasteiger charge is -2.35. The monoisotopic (exact) mass is 415 g/mol. The summed E-state index contributed by atoms with van der Waals surface area (Å²) in [5.74, 6) is -0.182. The Hall–Kier alpha value is -2.39. The Labute approximate surface area is 152 Å². The number of fused-ring (bicyclic) bond motifs is 1. The topological polar surface area (TPSA) is 137 Å². The molecule has 15 heteroatoms. The molecule has 28 heavy (non-hydrogen) atoms. The molecule has 0 amide bonds. The lowest BCUT2D eigenvalue weighted by molar-refractivity contribution is -0.306. The fraction of sp³-hybridized carbons (Fsp3) is 0.615. The van der Waals surface area contributed by atoms with Gasteiger partial charge in [0.05, 0.1) is 12.4 Å². The Morgan fingerprint density at radius 2 is 1.89 bits per heavy atom. The third kappa shape index (κ3) is 3.40. The third-order valence-corrected chi connectivity index (χ3v) is 4.35. The number of alkyl halides is 6. The van der Waals surface area contributed by atoms with Gasteiger partial charge in [-0.3, -0.25) is 25.4 Å². The predicted molar refractivity (Wildman–Crippen MR) is 82.7 cm³/mol. The highest BCUT2D eigenvalue weighted by atomic mass is 19.4. The van der Waals surface area contributed by atoms with Gasteiger partial charge in [-0.15, -0.1) is 0 Å². The molecule has 9 nitrogen and oxygen atoms in total. The summed E-state index contributed by atoms with van der Waals surface area (Å²) in [7, 11) is 0. The number of aromatic nitrogens is 4. The number of hydrogen-bond donors (Lipinski definition) is 4. The van der Waals surface area contributed by atoms with Gasteiger partial charge in [-0.25, -0.2) is 4.98 Å². The molecule has 156 valence electrons. The smallest absolute Gasteiger partial charge is 0.369 e. The van der Waals surface area contributed by atoms with Crippen molar-refractivity contribution in [2.45, 2.75) is 43.2 Å². The molecule has 2 aromatic rings. The zero-order chi connectivity index (χ0) is 20.9. The first-order chi connectivity index (χ1) is 12.8. The van der Waals surface area contributed by atoms with Gasteiger partial charge in [-0.1, -0.05) is 0 Å². The number of nitrogens with one attached hydrogen (secondary N) is 2. The molecule has 0 aromatic carbocycles. The Balaban J connectivity index is 1.74. The Morgan fingerprint density at radius 3 is 2.50 bits per heavy atom. The molecule has 3 heterocycles. The minimum absolute atomic E-state index is 0.0329. The van der Waals surface area contributed by atoms with E-state index in [1.54, 1.807) is 0 Å². The van der Waals surface area contributed by atoms with Crippen molar-refractivity contribution in [1.29, 1.82) is 0 Å². The fourth-order valence-electron chi connectivity index (χ4n) is 2.83. The summed E-state index contributed by atoms with van der Waals surface area (Å²) in [5.41, 5.74) is 4.93. The van der Waals surface area contributed by atoms with Gasteiger partial charge < -0.3 is 10.5 Å². The van der Waals surface area contributed by atoms with Crippen molar-refractivity contribution >= 4 is 17.1 Å². The van der Waals surface area contributed by atoms with E-state index in [0.717, 1.165) is 0 Å². The van der Waals surface area contributed by atoms with Crippen LogP contribution in [0.1, 0.15) is 19.1 Å². The van der Waals surface area contributed by atoms with Crippen LogP contribution in [-0.2, 0) is 4.74 Å². The van der Waals surface area contributed by atoms with Crippen LogP contribution in [0.5, 0.6) is 0 Å². The number of ether oxygens (including phenoxy) is 1. The highest BCUT2D eigenvalue weighted by Gasteiger charge is 2.68. The Morgan fingerprint density at radius 1 is 1.25 bits per heavy atom. The maximum atomic E-state index is 12.8. The first-order valence-corrected chi connectivity index (χ1v) is 7.88. The van der Waals surface area contributed by atoms with E-state index in [4.69, 9.17) is 10.5 Å². The van der Waals surface area contributed by atoms with Crippen molar-refractivity contribution in [3.8, 4) is 0 Å². The summed E-state index contributed by atoms with van der Waals surface area (Å²) < 4.78 is 83.7. The first kappa shape index (κ1) is 20.3. The van der Waals surface area contributed by atoms with Crippen molar-refractivity contribution in [3.05, 3.63) is 16.7 Å². The van der Waals surface area contributed by atoms with Gasteiger partial charge in [0.15, 0.2) is 11.2 Å². The second-order valence-electron chi connectivity index (χ2n) is 6.25. The van der Waals surface area contributed by atoms with Crippen LogP contribution in [0.4, 0.5) is 32.3 Å². The van der Waals surface area contributed by atoms with Crippen LogP contribution in [0, 0.1) is 0 Å². The average Bonchev–Trinajstić information content (AvgIpc) is 3.16. The molecule has 2 atom stereocenters. The number of halogens is 6. The molecular formula is C13H15F6N7O2. The standard InChI is InChI=1S/C13H15F6N7O2/c14-12(15,16)11(21,13(17,18)19)23-3-5-1-2-6(28-5)26-4-22-7-8(26)24-10(20)25-9(7)27/h4-6,23H,1-3,21H2,(H3,20,24,25,27)/t5-,6+/m0/s1. The van der Waals surface area contributed by atoms with Gasteiger partial charge >= 0.3 is 12.4 Å². The largest absolute Gasteiger partial charge is 0.428 e. The summed E-state index contributed by atoms with van der Waals surface area (Å²) in [6.45, 7) is -0.797. The number of imidazole rings is 1. The average molecular weight is 415 g/mol. The number of anilines is 1. The molecule has 0 saturated carbocycles. The Kier molecular flexibility index (Phi) is 4.79. The van der Waals surface area contributed by atoms with Crippen LogP contribution in [0.15, 0.2) is 11.1 Å². The molecule has 3 rings (SSSR count). The zero-order valence-corrected chi connectivity index (χ0v) is 13.9. The zero-order valence-electron chi connectivity index (χ0n) is 13.9. The lowest BCUT2D eigenvalue weighted by atomic mass is 10.1. The highest BCUT2D eigenvalue weighted by molar-refractivity contribution is 5.70. The maximum absolute atomic E-state index is 12.8. The number of hydrogen-bond acceptors (Lipinski definition) is 7. The van der Waals surface area contributed by atoms with Crippen LogP contribution < -0.4 is 22.3 Å². The molecule has 0 spiro atoms. The number of H-pyrrole nitrogens is 1. The summed E-state index contributed by atoms with van der Waals surface area (Å²) in [6, 6.07) is 0. The maximum Gasteiger partial charge on any atom is 0.428 e. The van der Waals surface area contributed by atoms with Crippen molar-refractivity contribution in [1.82, 2.24) is 24.8 Å². The van der Waals surface area contributed by atoms with Gasteiger partial charge in [0.1, 0.15) is 6.23 Å². The van der Waals surface area contributed by atoms with Crippen LogP contribution in [0.2, 0.25) is 0 Å². The first-order valence-electron chi connectivity index (χ1n) is 7.88. The second kappa shape index (κ2) is 6.59. The molecule has 0 aliphatic carbocycles. The number of nitrogens with zero attached hydrogens (tertiary/aromatic N) is 3. The van der Waals surface area contributed by atoms with Gasteiger partial charge in [0, 0.05) is 6.54 Å². The summed E-state index contributed by atoms with van der Waals surface area (Å²) in [5, 5.41) is 1.33. The molecule has 1 aliphatic heterocycles. The number of rotatable bonds is 4. The molecule has 2 aromatic heterocycles. The van der Waals surface area contributed by atoms with E-state index in [9.17, 15) is 31.1 Å². The third-order valence-electron chi connectivity index (χ3n) is 4.35. The van der Waals surface area contributed by atoms with Crippen molar-refractivity contribution in [2.24, 2.45) is 5.73 Å². The summed E-state index contributed by atoms with van der Waals surface area (Å²) in [6.07, 6.45) is -11.7. The van der Waals surface area contributed by atoms with E-state index in [2.05, 4.69) is 20.7 Å². The predicted octanol–water partition coefficient (Wildman–Crippen LogP) is 0.749. The number of nitrogen functional groups attached to an aromatic ring is 1. The van der Waals surface area contributed by atoms with Crippen molar-refractivity contribution < 1.29 is 31.1 Å². The van der Waals surface area contributed by atoms with E-state index in [1.807, 2.05) is 0 Å². The van der Waals surface area contributed by atoms with Crippen LogP contribution in [-0.4, -0.2) is 50.2 Å². The molecule has 0 unspecified atom stereocenters. The summed E-state index contributed by atoms with van der Waals surface area (Å²) >= 11 is 0. The minimum atomic E-state index is -5.76. The second-order valence-corrected chi connectivity index (χ2v) is 6.25. The summed E-state index contributed by atoms with van der Waals surface area (Å²) in [4.78, 5) is 21.8. The minimum Gasteiger partial charge on any atom is -0.369 e. The van der Waals surface area contributed by atoms with Crippen LogP contribution in [0.25, 0.3) is 11.2 Å². The van der Waals surface area contributed by atoms with Crippen LogP contribution in [0.3, 0.4) is 0 Å². The number of nitrogens with two attached hydrogens (primary N) is 2.